The molecule has 0 amide bonds. The van der Waals surface area contributed by atoms with E-state index in [0.29, 0.717) is 12.5 Å². The summed E-state index contributed by atoms with van der Waals surface area (Å²) in [6, 6.07) is 0. The van der Waals surface area contributed by atoms with E-state index in [9.17, 15) is 12.9 Å². The number of rotatable bonds is 4. The van der Waals surface area contributed by atoms with Crippen molar-refractivity contribution >= 4 is 6.98 Å². The van der Waals surface area contributed by atoms with Crippen molar-refractivity contribution in [3.05, 3.63) is 0 Å². The van der Waals surface area contributed by atoms with Gasteiger partial charge in [0, 0.05) is 0 Å². The van der Waals surface area contributed by atoms with Crippen LogP contribution in [0.5, 0.6) is 0 Å². The Bertz CT molecular complexity index is 132. The van der Waals surface area contributed by atoms with Gasteiger partial charge in [-0.05, 0) is 38.8 Å². The molecule has 11 heavy (non-hydrogen) atoms. The average Bonchev–Trinajstić information content (AvgIpc) is 2.42. The maximum atomic E-state index is 11.8. The van der Waals surface area contributed by atoms with E-state index in [1.807, 2.05) is 0 Å². The van der Waals surface area contributed by atoms with E-state index in [0.717, 1.165) is 12.8 Å². The molecule has 0 N–H and O–H groups in total. The van der Waals surface area contributed by atoms with Crippen molar-refractivity contribution in [3.63, 3.8) is 0 Å². The van der Waals surface area contributed by atoms with Gasteiger partial charge in [0.2, 0.25) is 0 Å². The van der Waals surface area contributed by atoms with Crippen LogP contribution < -0.4 is 0 Å². The van der Waals surface area contributed by atoms with Crippen LogP contribution in [0, 0.1) is 5.92 Å². The van der Waals surface area contributed by atoms with Crippen molar-refractivity contribution in [2.75, 3.05) is 20.0 Å². The van der Waals surface area contributed by atoms with Crippen molar-refractivity contribution in [2.24, 2.45) is 5.92 Å². The summed E-state index contributed by atoms with van der Waals surface area (Å²) in [5, 5.41) is 0. The van der Waals surface area contributed by atoms with Gasteiger partial charge in [0.15, 0.2) is 0 Å². The van der Waals surface area contributed by atoms with Crippen molar-refractivity contribution in [1.29, 1.82) is 0 Å². The number of nitrogens with zero attached hydrogens (tertiary/aromatic N) is 1. The van der Waals surface area contributed by atoms with Gasteiger partial charge in [-0.3, -0.25) is 0 Å². The predicted molar refractivity (Wildman–Crippen MR) is 39.3 cm³/mol. The van der Waals surface area contributed by atoms with Crippen molar-refractivity contribution in [2.45, 2.75) is 12.8 Å². The van der Waals surface area contributed by atoms with Gasteiger partial charge in [0.05, 0.1) is 0 Å². The SMILES string of the molecule is CN(CC1CC1)C[B-](F)(F)F. The highest BCUT2D eigenvalue weighted by atomic mass is 19.4. The summed E-state index contributed by atoms with van der Waals surface area (Å²) in [5.41, 5.74) is 0. The van der Waals surface area contributed by atoms with E-state index in [1.165, 1.54) is 11.9 Å². The fourth-order valence-electron chi connectivity index (χ4n) is 1.17. The van der Waals surface area contributed by atoms with Gasteiger partial charge in [0.25, 0.3) is 0 Å². The summed E-state index contributed by atoms with van der Waals surface area (Å²) in [5.74, 6) is 0.540. The van der Waals surface area contributed by atoms with E-state index in [-0.39, 0.29) is 0 Å². The Kier molecular flexibility index (Phi) is 2.47. The summed E-state index contributed by atoms with van der Waals surface area (Å²) in [6.45, 7) is -4.01. The third-order valence-corrected chi connectivity index (χ3v) is 1.79. The van der Waals surface area contributed by atoms with Gasteiger partial charge in [-0.1, -0.05) is 0 Å². The first kappa shape index (κ1) is 8.91. The maximum Gasteiger partial charge on any atom is 0.492 e. The third-order valence-electron chi connectivity index (χ3n) is 1.79. The summed E-state index contributed by atoms with van der Waals surface area (Å²) in [4.78, 5) is 1.37. The molecule has 0 aromatic heterocycles. The average molecular weight is 166 g/mol. The van der Waals surface area contributed by atoms with Crippen LogP contribution in [-0.4, -0.2) is 31.9 Å². The van der Waals surface area contributed by atoms with E-state index >= 15 is 0 Å². The standard InChI is InChI=1S/C6H12BF3N/c1-11(4-6-2-3-6)5-7(8,9)10/h6H,2-5H2,1H3/q-1. The van der Waals surface area contributed by atoms with Crippen LogP contribution in [0.4, 0.5) is 12.9 Å². The van der Waals surface area contributed by atoms with Crippen LogP contribution in [-0.2, 0) is 0 Å². The minimum atomic E-state index is -4.62. The first-order valence-electron chi connectivity index (χ1n) is 3.87. The smallest absolute Gasteiger partial charge is 0.448 e. The molecule has 1 nitrogen and oxygen atoms in total. The topological polar surface area (TPSA) is 3.24 Å². The molecule has 1 rings (SSSR count). The number of halogens is 3. The molecule has 1 aliphatic carbocycles. The van der Waals surface area contributed by atoms with Gasteiger partial charge in [-0.15, -0.1) is 0 Å². The lowest BCUT2D eigenvalue weighted by molar-refractivity contribution is 0.318. The second-order valence-electron chi connectivity index (χ2n) is 3.37. The van der Waals surface area contributed by atoms with Crippen LogP contribution in [0.2, 0.25) is 0 Å². The van der Waals surface area contributed by atoms with E-state index < -0.39 is 13.4 Å². The molecule has 0 unspecified atom stereocenters. The Balaban J connectivity index is 2.13. The molecular weight excluding hydrogens is 154 g/mol. The monoisotopic (exact) mass is 166 g/mol. The van der Waals surface area contributed by atoms with Crippen LogP contribution in [0.25, 0.3) is 0 Å². The largest absolute Gasteiger partial charge is 0.492 e. The minimum absolute atomic E-state index is 0.540. The highest BCUT2D eigenvalue weighted by molar-refractivity contribution is 6.58. The second kappa shape index (κ2) is 3.05. The molecule has 0 aromatic rings. The Morgan fingerprint density at radius 3 is 2.27 bits per heavy atom. The molecule has 0 saturated heterocycles. The zero-order chi connectivity index (χ0) is 8.48. The van der Waals surface area contributed by atoms with Crippen molar-refractivity contribution in [1.82, 2.24) is 4.90 Å². The minimum Gasteiger partial charge on any atom is -0.448 e. The van der Waals surface area contributed by atoms with Crippen LogP contribution in [0.3, 0.4) is 0 Å². The fourth-order valence-corrected chi connectivity index (χ4v) is 1.17. The highest BCUT2D eigenvalue weighted by Gasteiger charge is 2.28. The quantitative estimate of drug-likeness (QED) is 0.574. The number of hydrogen-bond acceptors (Lipinski definition) is 1. The third kappa shape index (κ3) is 4.29. The molecule has 66 valence electrons. The molecule has 1 fully saturated rings. The molecule has 0 radical (unpaired) electrons. The lowest BCUT2D eigenvalue weighted by Crippen LogP contribution is -2.36. The summed E-state index contributed by atoms with van der Waals surface area (Å²) in [7, 11) is 1.54. The van der Waals surface area contributed by atoms with Gasteiger partial charge in [-0.2, -0.15) is 0 Å². The van der Waals surface area contributed by atoms with Crippen molar-refractivity contribution < 1.29 is 12.9 Å². The Hall–Kier alpha value is -0.185. The molecule has 0 atom stereocenters. The molecule has 0 aliphatic heterocycles. The van der Waals surface area contributed by atoms with Gasteiger partial charge in [0.1, 0.15) is 0 Å². The second-order valence-corrected chi connectivity index (χ2v) is 3.37. The lowest BCUT2D eigenvalue weighted by Gasteiger charge is -2.23. The lowest BCUT2D eigenvalue weighted by atomic mass is 9.91. The molecule has 5 heteroatoms. The van der Waals surface area contributed by atoms with E-state index in [2.05, 4.69) is 0 Å². The molecule has 1 saturated carbocycles. The maximum absolute atomic E-state index is 11.8. The molecule has 0 spiro atoms. The zero-order valence-electron chi connectivity index (χ0n) is 6.56. The predicted octanol–water partition coefficient (Wildman–Crippen LogP) is 1.71. The molecule has 0 bridgehead atoms. The van der Waals surface area contributed by atoms with Crippen LogP contribution in [0.15, 0.2) is 0 Å². The van der Waals surface area contributed by atoms with Crippen LogP contribution in [0.1, 0.15) is 12.8 Å². The molecule has 0 heterocycles. The molecule has 0 aromatic carbocycles. The summed E-state index contributed by atoms with van der Waals surface area (Å²) >= 11 is 0. The van der Waals surface area contributed by atoms with Gasteiger partial charge in [-0.25, -0.2) is 0 Å². The number of hydrogen-bond donors (Lipinski definition) is 0. The van der Waals surface area contributed by atoms with E-state index in [1.54, 1.807) is 0 Å². The fraction of sp³-hybridized carbons (Fsp3) is 1.00. The van der Waals surface area contributed by atoms with Gasteiger partial charge >= 0.3 is 6.98 Å². The molecular formula is C6H12BF3N-. The molecule has 1 aliphatic rings. The summed E-state index contributed by atoms with van der Waals surface area (Å²) < 4.78 is 35.4. The van der Waals surface area contributed by atoms with Crippen molar-refractivity contribution in [3.8, 4) is 0 Å². The normalized spacial score (nSPS) is 19.4. The Morgan fingerprint density at radius 2 is 1.91 bits per heavy atom. The highest BCUT2D eigenvalue weighted by Crippen LogP contribution is 2.29. The zero-order valence-corrected chi connectivity index (χ0v) is 6.56. The first-order chi connectivity index (χ1) is 4.97. The Labute approximate surface area is 64.6 Å². The first-order valence-corrected chi connectivity index (χ1v) is 3.87. The van der Waals surface area contributed by atoms with Crippen LogP contribution >= 0.6 is 0 Å². The Morgan fingerprint density at radius 1 is 1.36 bits per heavy atom. The summed E-state index contributed by atoms with van der Waals surface area (Å²) in [6.07, 6.45) is 1.50. The van der Waals surface area contributed by atoms with Gasteiger partial charge < -0.3 is 17.8 Å². The van der Waals surface area contributed by atoms with E-state index in [4.69, 9.17) is 0 Å².